The number of rotatable bonds is 10. The number of nitrogens with one attached hydrogen (secondary N) is 1. The fourth-order valence-electron chi connectivity index (χ4n) is 1.74. The third-order valence-electron chi connectivity index (χ3n) is 3.22. The average molecular weight is 297 g/mol. The highest BCUT2D eigenvalue weighted by atomic mass is 32.2. The fourth-order valence-corrected chi connectivity index (χ4v) is 2.58. The van der Waals surface area contributed by atoms with Crippen molar-refractivity contribution < 1.29 is 4.74 Å². The van der Waals surface area contributed by atoms with Crippen LogP contribution in [0.15, 0.2) is 5.16 Å². The van der Waals surface area contributed by atoms with Crippen LogP contribution in [0.25, 0.3) is 0 Å². The van der Waals surface area contributed by atoms with Crippen molar-refractivity contribution in [3.63, 3.8) is 0 Å². The lowest BCUT2D eigenvalue weighted by molar-refractivity contribution is 0.143. The normalized spacial score (nSPS) is 11.0. The van der Waals surface area contributed by atoms with E-state index in [1.54, 1.807) is 11.8 Å². The summed E-state index contributed by atoms with van der Waals surface area (Å²) in [6.07, 6.45) is 2.30. The van der Waals surface area contributed by atoms with Crippen molar-refractivity contribution in [2.24, 2.45) is 0 Å². The molecule has 0 atom stereocenters. The van der Waals surface area contributed by atoms with Crippen LogP contribution >= 0.6 is 11.8 Å². The molecule has 0 spiro atoms. The molecule has 0 radical (unpaired) electrons. The van der Waals surface area contributed by atoms with Gasteiger partial charge in [-0.05, 0) is 52.6 Å². The van der Waals surface area contributed by atoms with Crippen LogP contribution in [-0.2, 0) is 4.74 Å². The Hall–Kier alpha value is -0.650. The molecule has 0 bridgehead atoms. The highest BCUT2D eigenvalue weighted by molar-refractivity contribution is 7.99. The number of ether oxygens (including phenoxy) is 1. The second kappa shape index (κ2) is 10.1. The zero-order chi connectivity index (χ0) is 14.8. The van der Waals surface area contributed by atoms with E-state index in [1.807, 2.05) is 20.8 Å². The van der Waals surface area contributed by atoms with Crippen LogP contribution in [0.4, 0.5) is 0 Å². The highest BCUT2D eigenvalue weighted by Crippen LogP contribution is 2.16. The maximum Gasteiger partial charge on any atom is 0.188 e. The quantitative estimate of drug-likeness (QED) is 0.409. The standard InChI is InChI=1S/C15H27N3OS/c1-5-19-10-7-6-8-16-9-11-20-15-17-13(3)12(2)14(4)18-15/h16H,5-11H2,1-4H3. The van der Waals surface area contributed by atoms with Gasteiger partial charge in [0.25, 0.3) is 0 Å². The lowest BCUT2D eigenvalue weighted by atomic mass is 10.2. The van der Waals surface area contributed by atoms with Gasteiger partial charge in [-0.15, -0.1) is 0 Å². The first-order valence-electron chi connectivity index (χ1n) is 7.38. The van der Waals surface area contributed by atoms with Crippen LogP contribution in [0.5, 0.6) is 0 Å². The van der Waals surface area contributed by atoms with Crippen molar-refractivity contribution in [2.45, 2.75) is 45.7 Å². The third-order valence-corrected chi connectivity index (χ3v) is 4.07. The van der Waals surface area contributed by atoms with Gasteiger partial charge in [0.2, 0.25) is 0 Å². The fraction of sp³-hybridized carbons (Fsp3) is 0.733. The molecule has 0 aliphatic rings. The van der Waals surface area contributed by atoms with Crippen molar-refractivity contribution >= 4 is 11.8 Å². The first kappa shape index (κ1) is 17.4. The summed E-state index contributed by atoms with van der Waals surface area (Å²) >= 11 is 1.72. The van der Waals surface area contributed by atoms with Crippen molar-refractivity contribution in [3.8, 4) is 0 Å². The van der Waals surface area contributed by atoms with Crippen LogP contribution in [0.1, 0.15) is 36.7 Å². The Morgan fingerprint density at radius 2 is 1.75 bits per heavy atom. The lowest BCUT2D eigenvalue weighted by Gasteiger charge is -2.07. The third kappa shape index (κ3) is 6.68. The second-order valence-corrected chi connectivity index (χ2v) is 5.87. The van der Waals surface area contributed by atoms with Gasteiger partial charge in [-0.2, -0.15) is 0 Å². The largest absolute Gasteiger partial charge is 0.382 e. The number of nitrogens with zero attached hydrogens (tertiary/aromatic N) is 2. The van der Waals surface area contributed by atoms with Gasteiger partial charge in [0.05, 0.1) is 0 Å². The van der Waals surface area contributed by atoms with Crippen LogP contribution in [-0.4, -0.2) is 42.0 Å². The number of aryl methyl sites for hydroxylation is 2. The molecule has 1 heterocycles. The summed E-state index contributed by atoms with van der Waals surface area (Å²) in [4.78, 5) is 9.02. The van der Waals surface area contributed by atoms with Crippen molar-refractivity contribution in [2.75, 3.05) is 32.1 Å². The van der Waals surface area contributed by atoms with E-state index in [9.17, 15) is 0 Å². The zero-order valence-corrected chi connectivity index (χ0v) is 14.0. The number of thioether (sulfide) groups is 1. The van der Waals surface area contributed by atoms with Gasteiger partial charge in [-0.3, -0.25) is 0 Å². The summed E-state index contributed by atoms with van der Waals surface area (Å²) in [5.41, 5.74) is 3.37. The van der Waals surface area contributed by atoms with E-state index in [4.69, 9.17) is 4.74 Å². The molecule has 1 rings (SSSR count). The molecule has 0 aliphatic heterocycles. The average Bonchev–Trinajstić information content (AvgIpc) is 2.43. The molecular formula is C15H27N3OS. The molecule has 0 saturated carbocycles. The van der Waals surface area contributed by atoms with Gasteiger partial charge in [-0.25, -0.2) is 9.97 Å². The number of aromatic nitrogens is 2. The molecule has 0 saturated heterocycles. The summed E-state index contributed by atoms with van der Waals surface area (Å²) in [7, 11) is 0. The van der Waals surface area contributed by atoms with Crippen LogP contribution < -0.4 is 5.32 Å². The van der Waals surface area contributed by atoms with Gasteiger partial charge >= 0.3 is 0 Å². The Kier molecular flexibility index (Phi) is 8.82. The summed E-state index contributed by atoms with van der Waals surface area (Å²) < 4.78 is 5.30. The molecule has 0 aromatic carbocycles. The molecular weight excluding hydrogens is 270 g/mol. The first-order valence-corrected chi connectivity index (χ1v) is 8.36. The molecule has 4 nitrogen and oxygen atoms in total. The lowest BCUT2D eigenvalue weighted by Crippen LogP contribution is -2.19. The summed E-state index contributed by atoms with van der Waals surface area (Å²) in [6.45, 7) is 11.9. The van der Waals surface area contributed by atoms with Gasteiger partial charge in [0.15, 0.2) is 5.16 Å². The summed E-state index contributed by atoms with van der Waals surface area (Å²) in [5, 5.41) is 4.33. The van der Waals surface area contributed by atoms with Crippen LogP contribution in [0, 0.1) is 20.8 Å². The Balaban J connectivity index is 2.10. The Labute approximate surface area is 127 Å². The van der Waals surface area contributed by atoms with E-state index in [-0.39, 0.29) is 0 Å². The first-order chi connectivity index (χ1) is 9.65. The minimum absolute atomic E-state index is 0.819. The van der Waals surface area contributed by atoms with Gasteiger partial charge in [0, 0.05) is 36.9 Å². The van der Waals surface area contributed by atoms with Gasteiger partial charge < -0.3 is 10.1 Å². The second-order valence-electron chi connectivity index (χ2n) is 4.80. The molecule has 20 heavy (non-hydrogen) atoms. The molecule has 1 aromatic rings. The minimum atomic E-state index is 0.819. The van der Waals surface area contributed by atoms with E-state index in [2.05, 4.69) is 22.2 Å². The molecule has 114 valence electrons. The van der Waals surface area contributed by atoms with E-state index in [0.717, 1.165) is 55.0 Å². The minimum Gasteiger partial charge on any atom is -0.382 e. The Morgan fingerprint density at radius 1 is 1.05 bits per heavy atom. The van der Waals surface area contributed by atoms with Gasteiger partial charge in [0.1, 0.15) is 0 Å². The number of hydrogen-bond acceptors (Lipinski definition) is 5. The summed E-state index contributed by atoms with van der Waals surface area (Å²) in [5.74, 6) is 1.01. The predicted molar refractivity (Wildman–Crippen MR) is 85.6 cm³/mol. The van der Waals surface area contributed by atoms with Crippen molar-refractivity contribution in [1.82, 2.24) is 15.3 Å². The number of hydrogen-bond donors (Lipinski definition) is 1. The smallest absolute Gasteiger partial charge is 0.188 e. The Bertz CT molecular complexity index is 376. The Morgan fingerprint density at radius 3 is 2.40 bits per heavy atom. The molecule has 0 fully saturated rings. The monoisotopic (exact) mass is 297 g/mol. The van der Waals surface area contributed by atoms with E-state index in [0.29, 0.717) is 0 Å². The number of unbranched alkanes of at least 4 members (excludes halogenated alkanes) is 1. The predicted octanol–water partition coefficient (Wildman–Crippen LogP) is 2.90. The van der Waals surface area contributed by atoms with Crippen LogP contribution in [0.2, 0.25) is 0 Å². The van der Waals surface area contributed by atoms with Gasteiger partial charge in [-0.1, -0.05) is 11.8 Å². The molecule has 0 unspecified atom stereocenters. The molecule has 5 heteroatoms. The van der Waals surface area contributed by atoms with E-state index >= 15 is 0 Å². The van der Waals surface area contributed by atoms with E-state index < -0.39 is 0 Å². The highest BCUT2D eigenvalue weighted by Gasteiger charge is 2.04. The van der Waals surface area contributed by atoms with Crippen LogP contribution in [0.3, 0.4) is 0 Å². The van der Waals surface area contributed by atoms with E-state index in [1.165, 1.54) is 12.0 Å². The summed E-state index contributed by atoms with van der Waals surface area (Å²) in [6, 6.07) is 0. The molecule has 1 aromatic heterocycles. The zero-order valence-electron chi connectivity index (χ0n) is 13.2. The maximum atomic E-state index is 5.30. The topological polar surface area (TPSA) is 47.0 Å². The SMILES string of the molecule is CCOCCCCNCCSc1nc(C)c(C)c(C)n1. The maximum absolute atomic E-state index is 5.30. The molecule has 1 N–H and O–H groups in total. The molecule has 0 aliphatic carbocycles. The van der Waals surface area contributed by atoms with Crippen molar-refractivity contribution in [3.05, 3.63) is 17.0 Å². The molecule has 0 amide bonds. The van der Waals surface area contributed by atoms with Crippen molar-refractivity contribution in [1.29, 1.82) is 0 Å².